The van der Waals surface area contributed by atoms with E-state index in [1.54, 1.807) is 46.1 Å². The van der Waals surface area contributed by atoms with Gasteiger partial charge in [0, 0.05) is 5.54 Å². The maximum atomic E-state index is 13.1. The minimum Gasteiger partial charge on any atom is -0.497 e. The third-order valence-corrected chi connectivity index (χ3v) is 6.26. The zero-order valence-electron chi connectivity index (χ0n) is 20.0. The molecule has 0 saturated carbocycles. The van der Waals surface area contributed by atoms with E-state index >= 15 is 0 Å². The summed E-state index contributed by atoms with van der Waals surface area (Å²) in [6.07, 6.45) is 0.629. The first-order chi connectivity index (χ1) is 16.0. The van der Waals surface area contributed by atoms with Crippen molar-refractivity contribution in [3.05, 3.63) is 72.3 Å². The van der Waals surface area contributed by atoms with E-state index < -0.39 is 21.6 Å². The fourth-order valence-corrected chi connectivity index (χ4v) is 4.35. The molecule has 0 aliphatic rings. The van der Waals surface area contributed by atoms with Gasteiger partial charge in [-0.1, -0.05) is 37.3 Å². The number of ether oxygens (including phenoxy) is 2. The fraction of sp³-hybridized carbons (Fsp3) is 0.269. The molecule has 0 radical (unpaired) electrons. The van der Waals surface area contributed by atoms with E-state index in [0.717, 1.165) is 22.4 Å². The maximum Gasteiger partial charge on any atom is 0.329 e. The number of urea groups is 1. The molecule has 8 heteroatoms. The lowest BCUT2D eigenvalue weighted by Gasteiger charge is -2.21. The van der Waals surface area contributed by atoms with Crippen molar-refractivity contribution in [2.45, 2.75) is 44.6 Å². The third kappa shape index (κ3) is 6.51. The van der Waals surface area contributed by atoms with Crippen LogP contribution < -0.4 is 19.5 Å². The van der Waals surface area contributed by atoms with Crippen molar-refractivity contribution >= 4 is 16.1 Å². The Bertz CT molecular complexity index is 1260. The Kier molecular flexibility index (Phi) is 7.51. The van der Waals surface area contributed by atoms with E-state index in [-0.39, 0.29) is 10.6 Å². The second kappa shape index (κ2) is 10.2. The summed E-state index contributed by atoms with van der Waals surface area (Å²) < 4.78 is 39.5. The molecule has 0 fully saturated rings. The molecule has 0 atom stereocenters. The number of benzene rings is 3. The van der Waals surface area contributed by atoms with E-state index in [9.17, 15) is 13.2 Å². The molecule has 0 aliphatic carbocycles. The van der Waals surface area contributed by atoms with Crippen LogP contribution in [0, 0.1) is 0 Å². The lowest BCUT2D eigenvalue weighted by atomic mass is 10.1. The highest BCUT2D eigenvalue weighted by Gasteiger charge is 2.25. The van der Waals surface area contributed by atoms with Gasteiger partial charge >= 0.3 is 6.03 Å². The van der Waals surface area contributed by atoms with E-state index in [1.807, 2.05) is 49.4 Å². The SMILES string of the molecule is CCc1ccc(Oc2cccc(-c3ccc(OC)cc3)c2)c(S(=O)(=O)NC(=O)NC(C)(C)C)c1. The molecule has 3 aromatic rings. The highest BCUT2D eigenvalue weighted by molar-refractivity contribution is 7.90. The van der Waals surface area contributed by atoms with Crippen molar-refractivity contribution in [2.75, 3.05) is 7.11 Å². The molecule has 7 nitrogen and oxygen atoms in total. The predicted molar refractivity (Wildman–Crippen MR) is 133 cm³/mol. The summed E-state index contributed by atoms with van der Waals surface area (Å²) in [6, 6.07) is 19.1. The largest absolute Gasteiger partial charge is 0.497 e. The van der Waals surface area contributed by atoms with E-state index in [1.165, 1.54) is 6.07 Å². The van der Waals surface area contributed by atoms with Crippen LogP contribution in [0.15, 0.2) is 71.6 Å². The summed E-state index contributed by atoms with van der Waals surface area (Å²) in [5.74, 6) is 1.35. The number of aryl methyl sites for hydroxylation is 1. The second-order valence-electron chi connectivity index (χ2n) is 8.80. The first-order valence-electron chi connectivity index (χ1n) is 10.9. The number of methoxy groups -OCH3 is 1. The topological polar surface area (TPSA) is 93.7 Å². The highest BCUT2D eigenvalue weighted by atomic mass is 32.2. The van der Waals surface area contributed by atoms with Crippen LogP contribution in [0.1, 0.15) is 33.3 Å². The lowest BCUT2D eigenvalue weighted by Crippen LogP contribution is -2.48. The normalized spacial score (nSPS) is 11.6. The van der Waals surface area contributed by atoms with Crippen LogP contribution in [0.25, 0.3) is 11.1 Å². The van der Waals surface area contributed by atoms with Gasteiger partial charge in [-0.05, 0) is 80.3 Å². The molecule has 34 heavy (non-hydrogen) atoms. The van der Waals surface area contributed by atoms with Crippen LogP contribution in [0.2, 0.25) is 0 Å². The van der Waals surface area contributed by atoms with Gasteiger partial charge in [-0.3, -0.25) is 0 Å². The summed E-state index contributed by atoms with van der Waals surface area (Å²) in [7, 11) is -2.57. The minimum atomic E-state index is -4.19. The molecule has 3 rings (SSSR count). The summed E-state index contributed by atoms with van der Waals surface area (Å²) >= 11 is 0. The van der Waals surface area contributed by atoms with E-state index in [0.29, 0.717) is 12.2 Å². The maximum absolute atomic E-state index is 13.1. The number of carbonyl (C=O) groups is 1. The van der Waals surface area contributed by atoms with Gasteiger partial charge in [0.1, 0.15) is 22.1 Å². The van der Waals surface area contributed by atoms with Crippen LogP contribution in [0.3, 0.4) is 0 Å². The average Bonchev–Trinajstić information content (AvgIpc) is 2.78. The summed E-state index contributed by atoms with van der Waals surface area (Å²) in [5.41, 5.74) is 2.07. The van der Waals surface area contributed by atoms with Gasteiger partial charge in [0.25, 0.3) is 10.0 Å². The Morgan fingerprint density at radius 2 is 1.62 bits per heavy atom. The second-order valence-corrected chi connectivity index (χ2v) is 10.5. The van der Waals surface area contributed by atoms with Gasteiger partial charge in [-0.25, -0.2) is 17.9 Å². The van der Waals surface area contributed by atoms with Gasteiger partial charge in [-0.15, -0.1) is 0 Å². The molecule has 2 N–H and O–H groups in total. The van der Waals surface area contributed by atoms with Crippen molar-refractivity contribution in [2.24, 2.45) is 0 Å². The molecular formula is C26H30N2O5S. The first kappa shape index (κ1) is 25.1. The standard InChI is InChI=1S/C26H30N2O5S/c1-6-18-10-15-23(24(16-18)34(30,31)28-25(29)27-26(2,3)4)33-22-9-7-8-20(17-22)19-11-13-21(32-5)14-12-19/h7-17H,6H2,1-5H3,(H2,27,28,29). The van der Waals surface area contributed by atoms with Gasteiger partial charge < -0.3 is 14.8 Å². The number of hydrogen-bond acceptors (Lipinski definition) is 5. The first-order valence-corrected chi connectivity index (χ1v) is 12.4. The quantitative estimate of drug-likeness (QED) is 0.464. The van der Waals surface area contributed by atoms with Crippen molar-refractivity contribution < 1.29 is 22.7 Å². The minimum absolute atomic E-state index is 0.106. The fourth-order valence-electron chi connectivity index (χ4n) is 3.26. The number of sulfonamides is 1. The number of carbonyl (C=O) groups excluding carboxylic acids is 1. The molecule has 180 valence electrons. The number of hydrogen-bond donors (Lipinski definition) is 2. The lowest BCUT2D eigenvalue weighted by molar-refractivity contribution is 0.237. The van der Waals surface area contributed by atoms with E-state index in [4.69, 9.17) is 9.47 Å². The van der Waals surface area contributed by atoms with Crippen LogP contribution in [0.5, 0.6) is 17.2 Å². The zero-order valence-corrected chi connectivity index (χ0v) is 20.8. The Morgan fingerprint density at radius 3 is 2.24 bits per heavy atom. The van der Waals surface area contributed by atoms with Gasteiger partial charge in [0.2, 0.25) is 0 Å². The van der Waals surface area contributed by atoms with Gasteiger partial charge in [-0.2, -0.15) is 0 Å². The van der Waals surface area contributed by atoms with Crippen molar-refractivity contribution in [1.82, 2.24) is 10.0 Å². The predicted octanol–water partition coefficient (Wildman–Crippen LogP) is 5.50. The number of nitrogens with one attached hydrogen (secondary N) is 2. The third-order valence-electron chi connectivity index (χ3n) is 4.91. The molecule has 2 amide bonds. The van der Waals surface area contributed by atoms with Crippen LogP contribution >= 0.6 is 0 Å². The monoisotopic (exact) mass is 482 g/mol. The van der Waals surface area contributed by atoms with Crippen molar-refractivity contribution in [3.63, 3.8) is 0 Å². The smallest absolute Gasteiger partial charge is 0.329 e. The summed E-state index contributed by atoms with van der Waals surface area (Å²) in [5, 5.41) is 2.60. The van der Waals surface area contributed by atoms with Gasteiger partial charge in [0.05, 0.1) is 7.11 Å². The molecule has 0 aliphatic heterocycles. The van der Waals surface area contributed by atoms with Crippen molar-refractivity contribution in [1.29, 1.82) is 0 Å². The molecule has 0 aromatic heterocycles. The van der Waals surface area contributed by atoms with Crippen LogP contribution in [-0.2, 0) is 16.4 Å². The highest BCUT2D eigenvalue weighted by Crippen LogP contribution is 2.32. The molecule has 0 saturated heterocycles. The number of amides is 2. The Morgan fingerprint density at radius 1 is 0.912 bits per heavy atom. The molecule has 0 spiro atoms. The molecule has 0 heterocycles. The summed E-state index contributed by atoms with van der Waals surface area (Å²) in [4.78, 5) is 12.2. The number of rotatable bonds is 7. The molecule has 0 bridgehead atoms. The average molecular weight is 483 g/mol. The molecular weight excluding hydrogens is 452 g/mol. The van der Waals surface area contributed by atoms with E-state index in [2.05, 4.69) is 10.0 Å². The Labute approximate surface area is 201 Å². The van der Waals surface area contributed by atoms with Crippen molar-refractivity contribution in [3.8, 4) is 28.4 Å². The Hall–Kier alpha value is -3.52. The van der Waals surface area contributed by atoms with Crippen LogP contribution in [0.4, 0.5) is 4.79 Å². The summed E-state index contributed by atoms with van der Waals surface area (Å²) in [6.45, 7) is 7.22. The molecule has 0 unspecified atom stereocenters. The van der Waals surface area contributed by atoms with Crippen LogP contribution in [-0.4, -0.2) is 27.1 Å². The van der Waals surface area contributed by atoms with Gasteiger partial charge in [0.15, 0.2) is 0 Å². The zero-order chi connectivity index (χ0) is 24.9. The Balaban J connectivity index is 1.93. The molecule has 3 aromatic carbocycles.